The van der Waals surface area contributed by atoms with Crippen molar-refractivity contribution in [3.8, 4) is 5.75 Å². The van der Waals surface area contributed by atoms with Crippen molar-refractivity contribution in [2.75, 3.05) is 4.90 Å². The molecule has 1 aromatic heterocycles. The van der Waals surface area contributed by atoms with E-state index in [9.17, 15) is 19.8 Å². The molecular weight excluding hydrogens is 530 g/mol. The minimum Gasteiger partial charge on any atom is -0.508 e. The highest BCUT2D eigenvalue weighted by molar-refractivity contribution is 8.00. The number of aliphatic hydroxyl groups excluding tert-OH is 1. The maximum Gasteiger partial charge on any atom is 0.301 e. The Morgan fingerprint density at radius 1 is 1.03 bits per heavy atom. The van der Waals surface area contributed by atoms with E-state index in [-0.39, 0.29) is 22.2 Å². The lowest BCUT2D eigenvalue weighted by Gasteiger charge is -2.22. The minimum absolute atomic E-state index is 0.0356. The molecule has 1 aliphatic rings. The van der Waals surface area contributed by atoms with Gasteiger partial charge >= 0.3 is 5.91 Å². The zero-order valence-corrected chi connectivity index (χ0v) is 21.8. The predicted molar refractivity (Wildman–Crippen MR) is 145 cm³/mol. The first-order chi connectivity index (χ1) is 17.8. The molecule has 0 aliphatic carbocycles. The minimum atomic E-state index is -0.948. The number of anilines is 1. The van der Waals surface area contributed by atoms with Gasteiger partial charge in [-0.15, -0.1) is 10.2 Å². The van der Waals surface area contributed by atoms with Crippen LogP contribution in [0.25, 0.3) is 5.76 Å². The Bertz CT molecular complexity index is 1520. The van der Waals surface area contributed by atoms with Crippen molar-refractivity contribution in [1.82, 2.24) is 10.2 Å². The molecule has 186 valence electrons. The highest BCUT2D eigenvalue weighted by Crippen LogP contribution is 2.44. The maximum atomic E-state index is 13.3. The number of carbonyl (C=O) groups is 2. The number of ketones is 1. The van der Waals surface area contributed by atoms with Crippen LogP contribution < -0.4 is 4.90 Å². The second-order valence-corrected chi connectivity index (χ2v) is 10.9. The van der Waals surface area contributed by atoms with E-state index < -0.39 is 17.7 Å². The molecule has 1 atom stereocenters. The molecular formula is C27H20ClN3O4S2. The van der Waals surface area contributed by atoms with Crippen molar-refractivity contribution in [1.29, 1.82) is 0 Å². The number of aliphatic hydroxyl groups is 1. The Morgan fingerprint density at radius 3 is 2.43 bits per heavy atom. The molecule has 3 aromatic carbocycles. The first-order valence-corrected chi connectivity index (χ1v) is 13.4. The van der Waals surface area contributed by atoms with Gasteiger partial charge in [-0.3, -0.25) is 14.5 Å². The number of hydrogen-bond donors (Lipinski definition) is 2. The predicted octanol–water partition coefficient (Wildman–Crippen LogP) is 6.12. The van der Waals surface area contributed by atoms with E-state index in [0.29, 0.717) is 26.2 Å². The van der Waals surface area contributed by atoms with Crippen molar-refractivity contribution >= 4 is 57.3 Å². The Hall–Kier alpha value is -3.66. The first-order valence-electron chi connectivity index (χ1n) is 11.2. The highest BCUT2D eigenvalue weighted by Gasteiger charge is 2.48. The molecule has 2 N–H and O–H groups in total. The van der Waals surface area contributed by atoms with Crippen LogP contribution in [0.15, 0.2) is 82.7 Å². The van der Waals surface area contributed by atoms with E-state index in [0.717, 1.165) is 11.1 Å². The summed E-state index contributed by atoms with van der Waals surface area (Å²) in [6, 6.07) is 19.7. The van der Waals surface area contributed by atoms with Gasteiger partial charge in [0.1, 0.15) is 11.5 Å². The van der Waals surface area contributed by atoms with Crippen molar-refractivity contribution < 1.29 is 19.8 Å². The van der Waals surface area contributed by atoms with Crippen LogP contribution in [-0.2, 0) is 15.3 Å². The van der Waals surface area contributed by atoms with Crippen molar-refractivity contribution in [3.05, 3.63) is 106 Å². The van der Waals surface area contributed by atoms with E-state index in [4.69, 9.17) is 11.6 Å². The number of hydrogen-bond acceptors (Lipinski definition) is 8. The molecule has 2 heterocycles. The third-order valence-corrected chi connectivity index (χ3v) is 8.36. The van der Waals surface area contributed by atoms with Gasteiger partial charge < -0.3 is 10.2 Å². The average molecular weight is 550 g/mol. The summed E-state index contributed by atoms with van der Waals surface area (Å²) in [6.07, 6.45) is 0. The van der Waals surface area contributed by atoms with Gasteiger partial charge in [-0.1, -0.05) is 94.9 Å². The lowest BCUT2D eigenvalue weighted by molar-refractivity contribution is -0.132. The summed E-state index contributed by atoms with van der Waals surface area (Å²) in [6.45, 7) is 1.91. The lowest BCUT2D eigenvalue weighted by atomic mass is 9.95. The zero-order chi connectivity index (χ0) is 26.1. The Kier molecular flexibility index (Phi) is 7.01. The molecule has 1 aliphatic heterocycles. The van der Waals surface area contributed by atoms with Crippen LogP contribution in [0.5, 0.6) is 5.75 Å². The second-order valence-electron chi connectivity index (χ2n) is 8.36. The van der Waals surface area contributed by atoms with Crippen LogP contribution in [0.1, 0.15) is 28.3 Å². The number of aromatic hydroxyl groups is 1. The summed E-state index contributed by atoms with van der Waals surface area (Å²) in [5.74, 6) is -1.32. The van der Waals surface area contributed by atoms with E-state index in [2.05, 4.69) is 10.2 Å². The molecule has 5 rings (SSSR count). The average Bonchev–Trinajstić information content (AvgIpc) is 3.46. The number of aryl methyl sites for hydroxylation is 1. The number of benzene rings is 3. The molecule has 1 fully saturated rings. The molecule has 4 aromatic rings. The van der Waals surface area contributed by atoms with Gasteiger partial charge in [0.15, 0.2) is 4.34 Å². The summed E-state index contributed by atoms with van der Waals surface area (Å²) in [5, 5.41) is 30.3. The van der Waals surface area contributed by atoms with E-state index in [1.165, 1.54) is 40.1 Å². The molecule has 7 nitrogen and oxygen atoms in total. The summed E-state index contributed by atoms with van der Waals surface area (Å²) >= 11 is 8.84. The van der Waals surface area contributed by atoms with Crippen LogP contribution in [0.2, 0.25) is 5.02 Å². The molecule has 10 heteroatoms. The number of carbonyl (C=O) groups excluding carboxylic acids is 2. The monoisotopic (exact) mass is 549 g/mol. The normalized spacial score (nSPS) is 16.9. The van der Waals surface area contributed by atoms with Crippen LogP contribution in [0.4, 0.5) is 5.13 Å². The van der Waals surface area contributed by atoms with Gasteiger partial charge in [0.2, 0.25) is 5.13 Å². The fourth-order valence-corrected chi connectivity index (χ4v) is 6.14. The van der Waals surface area contributed by atoms with Gasteiger partial charge in [0, 0.05) is 16.3 Å². The van der Waals surface area contributed by atoms with Gasteiger partial charge in [-0.05, 0) is 36.2 Å². The number of rotatable bonds is 6. The number of Topliss-reactive ketones (excluding diaryl/α,β-unsaturated/α-hetero) is 1. The van der Waals surface area contributed by atoms with Gasteiger partial charge in [0.05, 0.1) is 11.6 Å². The molecule has 1 saturated heterocycles. The molecule has 1 unspecified atom stereocenters. The molecule has 0 saturated carbocycles. The van der Waals surface area contributed by atoms with E-state index >= 15 is 0 Å². The van der Waals surface area contributed by atoms with Crippen LogP contribution >= 0.6 is 34.7 Å². The largest absolute Gasteiger partial charge is 0.508 e. The number of aromatic nitrogens is 2. The number of thioether (sulfide) groups is 1. The van der Waals surface area contributed by atoms with Crippen LogP contribution in [-0.4, -0.2) is 32.1 Å². The SMILES string of the molecule is Cc1ccc(/C(O)=C2/C(=O)C(=O)N(c3nnc(SCc4ccccc4Cl)s3)C2c2ccc(O)cc2)cc1. The number of halogens is 1. The highest BCUT2D eigenvalue weighted by atomic mass is 35.5. The van der Waals surface area contributed by atoms with Crippen LogP contribution in [0, 0.1) is 6.92 Å². The molecule has 0 radical (unpaired) electrons. The van der Waals surface area contributed by atoms with Gasteiger partial charge in [0.25, 0.3) is 5.78 Å². The number of amides is 1. The molecule has 0 spiro atoms. The Balaban J connectivity index is 1.54. The standard InChI is InChI=1S/C27H20ClN3O4S2/c1-15-6-8-17(9-7-15)23(33)21-22(16-10-12-19(32)13-11-16)31(25(35)24(21)34)26-29-30-27(37-26)36-14-18-4-2-3-5-20(18)28/h2-13,22,32-33H,14H2,1H3/b23-21-. The summed E-state index contributed by atoms with van der Waals surface area (Å²) in [7, 11) is 0. The Morgan fingerprint density at radius 2 is 1.73 bits per heavy atom. The molecule has 37 heavy (non-hydrogen) atoms. The fraction of sp³-hybridized carbons (Fsp3) is 0.111. The van der Waals surface area contributed by atoms with Gasteiger partial charge in [-0.25, -0.2) is 0 Å². The number of phenolic OH excluding ortho intramolecular Hbond substituents is 1. The summed E-state index contributed by atoms with van der Waals surface area (Å²) in [4.78, 5) is 27.8. The second kappa shape index (κ2) is 10.4. The molecule has 1 amide bonds. The summed E-state index contributed by atoms with van der Waals surface area (Å²) in [5.41, 5.74) is 2.82. The third kappa shape index (κ3) is 4.98. The van der Waals surface area contributed by atoms with Crippen molar-refractivity contribution in [2.24, 2.45) is 0 Å². The first kappa shape index (κ1) is 25.0. The lowest BCUT2D eigenvalue weighted by Crippen LogP contribution is -2.29. The smallest absolute Gasteiger partial charge is 0.301 e. The Labute approximate surface area is 226 Å². The zero-order valence-electron chi connectivity index (χ0n) is 19.5. The summed E-state index contributed by atoms with van der Waals surface area (Å²) < 4.78 is 0.597. The van der Waals surface area contributed by atoms with Crippen molar-refractivity contribution in [3.63, 3.8) is 0 Å². The topological polar surface area (TPSA) is 104 Å². The third-order valence-electron chi connectivity index (χ3n) is 5.89. The number of phenols is 1. The fourth-order valence-electron chi connectivity index (χ4n) is 3.98. The number of nitrogens with zero attached hydrogens (tertiary/aromatic N) is 3. The molecule has 0 bridgehead atoms. The quantitative estimate of drug-likeness (QED) is 0.0980. The van der Waals surface area contributed by atoms with E-state index in [1.54, 1.807) is 24.3 Å². The van der Waals surface area contributed by atoms with E-state index in [1.807, 2.05) is 43.3 Å². The van der Waals surface area contributed by atoms with Gasteiger partial charge in [-0.2, -0.15) is 0 Å². The van der Waals surface area contributed by atoms with Crippen molar-refractivity contribution in [2.45, 2.75) is 23.1 Å². The van der Waals surface area contributed by atoms with Crippen LogP contribution in [0.3, 0.4) is 0 Å². The maximum absolute atomic E-state index is 13.3.